The number of para-hydroxylation sites is 1. The van der Waals surface area contributed by atoms with Crippen molar-refractivity contribution in [2.45, 2.75) is 45.1 Å². The average Bonchev–Trinajstić information content (AvgIpc) is 2.91. The molecule has 1 atom stereocenters. The molecule has 1 heterocycles. The van der Waals surface area contributed by atoms with E-state index in [0.717, 1.165) is 16.0 Å². The number of carbonyl (C=O) groups excluding carboxylic acids is 3. The van der Waals surface area contributed by atoms with Crippen LogP contribution in [0, 0.1) is 0 Å². The van der Waals surface area contributed by atoms with Crippen LogP contribution in [0.5, 0.6) is 0 Å². The molecule has 2 N–H and O–H groups in total. The van der Waals surface area contributed by atoms with Gasteiger partial charge in [-0.2, -0.15) is 0 Å². The molecule has 0 aromatic heterocycles. The molecular weight excluding hydrogens is 366 g/mol. The quantitative estimate of drug-likeness (QED) is 0.704. The van der Waals surface area contributed by atoms with Crippen molar-refractivity contribution >= 4 is 23.5 Å². The predicted molar refractivity (Wildman–Crippen MR) is 113 cm³/mol. The van der Waals surface area contributed by atoms with Crippen LogP contribution < -0.4 is 10.6 Å². The number of anilines is 1. The van der Waals surface area contributed by atoms with Crippen molar-refractivity contribution < 1.29 is 14.4 Å². The van der Waals surface area contributed by atoms with Crippen molar-refractivity contribution in [3.05, 3.63) is 65.7 Å². The van der Waals surface area contributed by atoms with Crippen LogP contribution in [0.15, 0.2) is 54.6 Å². The number of hydrogen-bond donors (Lipinski definition) is 2. The minimum atomic E-state index is -1.01. The topological polar surface area (TPSA) is 78.5 Å². The average molecular weight is 393 g/mol. The van der Waals surface area contributed by atoms with E-state index in [1.54, 1.807) is 6.92 Å². The van der Waals surface area contributed by atoms with Crippen molar-refractivity contribution in [1.82, 2.24) is 10.2 Å². The van der Waals surface area contributed by atoms with E-state index in [-0.39, 0.29) is 18.4 Å². The molecule has 3 rings (SSSR count). The van der Waals surface area contributed by atoms with Gasteiger partial charge in [0.2, 0.25) is 5.91 Å². The van der Waals surface area contributed by atoms with E-state index in [2.05, 4.69) is 10.6 Å². The number of imide groups is 1. The lowest BCUT2D eigenvalue weighted by atomic mass is 9.93. The summed E-state index contributed by atoms with van der Waals surface area (Å²) in [5.41, 5.74) is 1.79. The van der Waals surface area contributed by atoms with Crippen LogP contribution >= 0.6 is 0 Å². The lowest BCUT2D eigenvalue weighted by molar-refractivity contribution is -0.133. The third-order valence-corrected chi connectivity index (χ3v) is 5.26. The maximum Gasteiger partial charge on any atom is 0.325 e. The second kappa shape index (κ2) is 8.47. The first-order chi connectivity index (χ1) is 13.8. The Kier molecular flexibility index (Phi) is 6.01. The number of aryl methyl sites for hydroxylation is 1. The van der Waals surface area contributed by atoms with Crippen LogP contribution in [0.25, 0.3) is 0 Å². The van der Waals surface area contributed by atoms with E-state index >= 15 is 0 Å². The van der Waals surface area contributed by atoms with Crippen LogP contribution in [0.2, 0.25) is 0 Å². The fourth-order valence-corrected chi connectivity index (χ4v) is 3.55. The number of carbonyl (C=O) groups is 3. The zero-order valence-electron chi connectivity index (χ0n) is 17.1. The van der Waals surface area contributed by atoms with Crippen molar-refractivity contribution in [1.29, 1.82) is 0 Å². The molecule has 1 aliphatic rings. The minimum absolute atomic E-state index is 0.240. The third-order valence-electron chi connectivity index (χ3n) is 5.26. The van der Waals surface area contributed by atoms with E-state index in [9.17, 15) is 14.4 Å². The number of urea groups is 1. The number of amides is 4. The highest BCUT2D eigenvalue weighted by Crippen LogP contribution is 2.25. The first-order valence-corrected chi connectivity index (χ1v) is 9.87. The second-order valence-electron chi connectivity index (χ2n) is 7.93. The summed E-state index contributed by atoms with van der Waals surface area (Å²) in [5, 5.41) is 5.59. The zero-order chi connectivity index (χ0) is 21.0. The van der Waals surface area contributed by atoms with Gasteiger partial charge in [-0.1, -0.05) is 62.4 Å². The van der Waals surface area contributed by atoms with Crippen molar-refractivity contribution in [3.8, 4) is 0 Å². The van der Waals surface area contributed by atoms with Crippen LogP contribution in [0.1, 0.15) is 44.2 Å². The fourth-order valence-electron chi connectivity index (χ4n) is 3.55. The summed E-state index contributed by atoms with van der Waals surface area (Å²) in [6, 6.07) is 16.8. The maximum absolute atomic E-state index is 12.9. The van der Waals surface area contributed by atoms with E-state index in [1.807, 2.05) is 68.4 Å². The van der Waals surface area contributed by atoms with Crippen LogP contribution in [0.4, 0.5) is 10.5 Å². The Labute approximate surface area is 171 Å². The summed E-state index contributed by atoms with van der Waals surface area (Å²) in [5.74, 6) is -0.524. The Morgan fingerprint density at radius 3 is 2.41 bits per heavy atom. The summed E-state index contributed by atoms with van der Waals surface area (Å²) >= 11 is 0. The summed E-state index contributed by atoms with van der Waals surface area (Å²) in [6.07, 6.45) is 1.13. The third kappa shape index (κ3) is 4.65. The van der Waals surface area contributed by atoms with Crippen LogP contribution in [-0.4, -0.2) is 34.8 Å². The molecule has 0 radical (unpaired) electrons. The number of hydrogen-bond acceptors (Lipinski definition) is 3. The van der Waals surface area contributed by atoms with Crippen LogP contribution in [-0.2, 0) is 16.0 Å². The Morgan fingerprint density at radius 2 is 1.72 bits per heavy atom. The first kappa shape index (κ1) is 20.6. The Bertz CT molecular complexity index is 911. The molecule has 0 aliphatic carbocycles. The summed E-state index contributed by atoms with van der Waals surface area (Å²) in [7, 11) is 0. The number of rotatable bonds is 7. The van der Waals surface area contributed by atoms with E-state index in [1.165, 1.54) is 0 Å². The molecule has 0 spiro atoms. The van der Waals surface area contributed by atoms with Crippen molar-refractivity contribution in [2.75, 3.05) is 11.9 Å². The molecule has 152 valence electrons. The van der Waals surface area contributed by atoms with Crippen molar-refractivity contribution in [2.24, 2.45) is 0 Å². The molecule has 1 saturated heterocycles. The molecule has 6 nitrogen and oxygen atoms in total. The largest absolute Gasteiger partial charge is 0.325 e. The van der Waals surface area contributed by atoms with Gasteiger partial charge in [0.05, 0.1) is 0 Å². The molecule has 2 aromatic carbocycles. The molecule has 2 aromatic rings. The number of benzene rings is 2. The van der Waals surface area contributed by atoms with Gasteiger partial charge in [0.15, 0.2) is 0 Å². The molecule has 6 heteroatoms. The smallest absolute Gasteiger partial charge is 0.324 e. The van der Waals surface area contributed by atoms with Gasteiger partial charge in [-0.15, -0.1) is 0 Å². The summed E-state index contributed by atoms with van der Waals surface area (Å²) in [4.78, 5) is 38.8. The first-order valence-electron chi connectivity index (χ1n) is 9.87. The van der Waals surface area contributed by atoms with Gasteiger partial charge in [-0.3, -0.25) is 14.5 Å². The van der Waals surface area contributed by atoms with Gasteiger partial charge >= 0.3 is 6.03 Å². The van der Waals surface area contributed by atoms with Gasteiger partial charge in [0.25, 0.3) is 5.91 Å². The standard InChI is InChI=1S/C23H27N3O3/c1-16(2)18-11-7-8-12-19(18)24-20(27)15-26-21(28)23(3,25-22(26)29)14-13-17-9-5-4-6-10-17/h4-12,16H,13-15H2,1-3H3,(H,24,27)(H,25,29)/t23-/m0/s1. The number of nitrogens with zero attached hydrogens (tertiary/aromatic N) is 1. The maximum atomic E-state index is 12.9. The molecule has 1 aliphatic heterocycles. The van der Waals surface area contributed by atoms with Gasteiger partial charge in [0, 0.05) is 5.69 Å². The van der Waals surface area contributed by atoms with Gasteiger partial charge < -0.3 is 10.6 Å². The van der Waals surface area contributed by atoms with Gasteiger partial charge in [0.1, 0.15) is 12.1 Å². The Hall–Kier alpha value is -3.15. The van der Waals surface area contributed by atoms with Crippen molar-refractivity contribution in [3.63, 3.8) is 0 Å². The van der Waals surface area contributed by atoms with E-state index < -0.39 is 17.5 Å². The molecular formula is C23H27N3O3. The lowest BCUT2D eigenvalue weighted by Gasteiger charge is -2.21. The summed E-state index contributed by atoms with van der Waals surface area (Å²) in [6.45, 7) is 5.49. The lowest BCUT2D eigenvalue weighted by Crippen LogP contribution is -2.45. The highest BCUT2D eigenvalue weighted by atomic mass is 16.2. The van der Waals surface area contributed by atoms with Gasteiger partial charge in [-0.25, -0.2) is 4.79 Å². The second-order valence-corrected chi connectivity index (χ2v) is 7.93. The Morgan fingerprint density at radius 1 is 1.07 bits per heavy atom. The molecule has 0 unspecified atom stereocenters. The molecule has 29 heavy (non-hydrogen) atoms. The van der Waals surface area contributed by atoms with E-state index in [0.29, 0.717) is 18.5 Å². The molecule has 4 amide bonds. The fraction of sp³-hybridized carbons (Fsp3) is 0.348. The highest BCUT2D eigenvalue weighted by molar-refractivity contribution is 6.10. The van der Waals surface area contributed by atoms with Gasteiger partial charge in [-0.05, 0) is 42.9 Å². The molecule has 0 saturated carbocycles. The zero-order valence-corrected chi connectivity index (χ0v) is 17.1. The monoisotopic (exact) mass is 393 g/mol. The normalized spacial score (nSPS) is 18.8. The molecule has 0 bridgehead atoms. The SMILES string of the molecule is CC(C)c1ccccc1NC(=O)CN1C(=O)N[C@@](C)(CCc2ccccc2)C1=O. The van der Waals surface area contributed by atoms with E-state index in [4.69, 9.17) is 0 Å². The minimum Gasteiger partial charge on any atom is -0.324 e. The van der Waals surface area contributed by atoms with Crippen LogP contribution in [0.3, 0.4) is 0 Å². The summed E-state index contributed by atoms with van der Waals surface area (Å²) < 4.78 is 0. The number of nitrogens with one attached hydrogen (secondary N) is 2. The highest BCUT2D eigenvalue weighted by Gasteiger charge is 2.47. The molecule has 1 fully saturated rings. The predicted octanol–water partition coefficient (Wildman–Crippen LogP) is 3.69. The Balaban J connectivity index is 1.64.